The normalized spacial score (nSPS) is 12.1. The molecule has 106 valence electrons. The largest absolute Gasteiger partial charge is 0.382 e. The summed E-state index contributed by atoms with van der Waals surface area (Å²) in [5.74, 6) is 0.602. The molecule has 19 heavy (non-hydrogen) atoms. The van der Waals surface area contributed by atoms with Crippen molar-refractivity contribution in [3.63, 3.8) is 0 Å². The molecule has 0 heterocycles. The monoisotopic (exact) mass is 263 g/mol. The van der Waals surface area contributed by atoms with Crippen molar-refractivity contribution < 1.29 is 9.53 Å². The average molecular weight is 263 g/mol. The molecule has 0 spiro atoms. The Labute approximate surface area is 116 Å². The van der Waals surface area contributed by atoms with E-state index in [1.54, 1.807) is 0 Å². The van der Waals surface area contributed by atoms with Gasteiger partial charge in [-0.1, -0.05) is 37.3 Å². The smallest absolute Gasteiger partial charge is 0.220 e. The fourth-order valence-corrected chi connectivity index (χ4v) is 1.94. The van der Waals surface area contributed by atoms with Crippen LogP contribution in [0.5, 0.6) is 0 Å². The maximum atomic E-state index is 11.6. The fraction of sp³-hybridized carbons (Fsp3) is 0.562. The Bertz CT molecular complexity index is 351. The highest BCUT2D eigenvalue weighted by molar-refractivity contribution is 5.75. The molecule has 0 saturated heterocycles. The Morgan fingerprint density at radius 3 is 2.74 bits per heavy atom. The van der Waals surface area contributed by atoms with Crippen molar-refractivity contribution in [2.45, 2.75) is 39.0 Å². The summed E-state index contributed by atoms with van der Waals surface area (Å²) >= 11 is 0. The molecule has 0 aliphatic carbocycles. The minimum absolute atomic E-state index is 0.125. The van der Waals surface area contributed by atoms with Crippen LogP contribution in [-0.4, -0.2) is 25.7 Å². The van der Waals surface area contributed by atoms with Crippen molar-refractivity contribution in [1.82, 2.24) is 5.32 Å². The van der Waals surface area contributed by atoms with Gasteiger partial charge in [-0.05, 0) is 31.2 Å². The number of hydrogen-bond donors (Lipinski definition) is 1. The van der Waals surface area contributed by atoms with Crippen LogP contribution in [0.3, 0.4) is 0 Å². The molecule has 0 aliphatic rings. The van der Waals surface area contributed by atoms with Crippen LogP contribution in [-0.2, 0) is 9.53 Å². The first kappa shape index (κ1) is 15.7. The average Bonchev–Trinajstić information content (AvgIpc) is 2.44. The maximum absolute atomic E-state index is 11.6. The second-order valence-corrected chi connectivity index (χ2v) is 4.75. The molecule has 0 saturated carbocycles. The Morgan fingerprint density at radius 1 is 1.32 bits per heavy atom. The Hall–Kier alpha value is -1.35. The SMILES string of the molecule is CCOCCCC(=O)NCCC(C)c1ccccc1. The van der Waals surface area contributed by atoms with E-state index in [2.05, 4.69) is 36.5 Å². The van der Waals surface area contributed by atoms with E-state index in [-0.39, 0.29) is 5.91 Å². The molecule has 1 atom stereocenters. The molecular weight excluding hydrogens is 238 g/mol. The van der Waals surface area contributed by atoms with Gasteiger partial charge in [-0.25, -0.2) is 0 Å². The molecule has 0 aliphatic heterocycles. The van der Waals surface area contributed by atoms with Gasteiger partial charge >= 0.3 is 0 Å². The predicted molar refractivity (Wildman–Crippen MR) is 78.2 cm³/mol. The number of ether oxygens (including phenoxy) is 1. The van der Waals surface area contributed by atoms with Crippen LogP contribution >= 0.6 is 0 Å². The zero-order valence-corrected chi connectivity index (χ0v) is 12.0. The Balaban J connectivity index is 2.11. The zero-order valence-electron chi connectivity index (χ0n) is 12.0. The third-order valence-electron chi connectivity index (χ3n) is 3.16. The molecule has 1 amide bonds. The molecule has 1 unspecified atom stereocenters. The van der Waals surface area contributed by atoms with E-state index in [4.69, 9.17) is 4.74 Å². The first-order valence-corrected chi connectivity index (χ1v) is 7.13. The van der Waals surface area contributed by atoms with Crippen LogP contribution in [0, 0.1) is 0 Å². The third kappa shape index (κ3) is 6.97. The quantitative estimate of drug-likeness (QED) is 0.695. The van der Waals surface area contributed by atoms with Gasteiger partial charge in [-0.15, -0.1) is 0 Å². The molecule has 1 aromatic carbocycles. The van der Waals surface area contributed by atoms with Crippen LogP contribution in [0.15, 0.2) is 30.3 Å². The topological polar surface area (TPSA) is 38.3 Å². The number of hydrogen-bond acceptors (Lipinski definition) is 2. The Morgan fingerprint density at radius 2 is 2.05 bits per heavy atom. The van der Waals surface area contributed by atoms with Gasteiger partial charge in [0.15, 0.2) is 0 Å². The summed E-state index contributed by atoms with van der Waals surface area (Å²) in [5, 5.41) is 2.97. The van der Waals surface area contributed by atoms with E-state index in [9.17, 15) is 4.79 Å². The van der Waals surface area contributed by atoms with Crippen molar-refractivity contribution in [3.8, 4) is 0 Å². The van der Waals surface area contributed by atoms with Gasteiger partial charge in [-0.3, -0.25) is 4.79 Å². The van der Waals surface area contributed by atoms with Gasteiger partial charge in [0, 0.05) is 26.2 Å². The summed E-state index contributed by atoms with van der Waals surface area (Å²) in [6, 6.07) is 10.4. The third-order valence-corrected chi connectivity index (χ3v) is 3.16. The molecule has 1 aromatic rings. The molecule has 0 aromatic heterocycles. The van der Waals surface area contributed by atoms with Gasteiger partial charge in [-0.2, -0.15) is 0 Å². The summed E-state index contributed by atoms with van der Waals surface area (Å²) in [6.45, 7) is 6.28. The standard InChI is InChI=1S/C16H25NO2/c1-3-19-13-7-10-16(18)17-12-11-14(2)15-8-5-4-6-9-15/h4-6,8-9,14H,3,7,10-13H2,1-2H3,(H,17,18). The molecule has 3 nitrogen and oxygen atoms in total. The first-order chi connectivity index (χ1) is 9.24. The van der Waals surface area contributed by atoms with Gasteiger partial charge in [0.2, 0.25) is 5.91 Å². The van der Waals surface area contributed by atoms with Crippen LogP contribution in [0.1, 0.15) is 44.6 Å². The summed E-state index contributed by atoms with van der Waals surface area (Å²) in [5.41, 5.74) is 1.33. The first-order valence-electron chi connectivity index (χ1n) is 7.13. The lowest BCUT2D eigenvalue weighted by atomic mass is 9.98. The van der Waals surface area contributed by atoms with Crippen LogP contribution in [0.25, 0.3) is 0 Å². The van der Waals surface area contributed by atoms with Crippen molar-refractivity contribution in [3.05, 3.63) is 35.9 Å². The van der Waals surface area contributed by atoms with E-state index < -0.39 is 0 Å². The second kappa shape index (κ2) is 9.56. The molecular formula is C16H25NO2. The van der Waals surface area contributed by atoms with E-state index in [1.807, 2.05) is 13.0 Å². The summed E-state index contributed by atoms with van der Waals surface area (Å²) in [7, 11) is 0. The van der Waals surface area contributed by atoms with Crippen LogP contribution < -0.4 is 5.32 Å². The van der Waals surface area contributed by atoms with Gasteiger partial charge < -0.3 is 10.1 Å². The highest BCUT2D eigenvalue weighted by Gasteiger charge is 2.06. The molecule has 3 heteroatoms. The highest BCUT2D eigenvalue weighted by atomic mass is 16.5. The molecule has 0 radical (unpaired) electrons. The number of nitrogens with one attached hydrogen (secondary N) is 1. The lowest BCUT2D eigenvalue weighted by molar-refractivity contribution is -0.121. The zero-order chi connectivity index (χ0) is 13.9. The molecule has 1 N–H and O–H groups in total. The van der Waals surface area contributed by atoms with Gasteiger partial charge in [0.1, 0.15) is 0 Å². The minimum atomic E-state index is 0.125. The minimum Gasteiger partial charge on any atom is -0.382 e. The van der Waals surface area contributed by atoms with Gasteiger partial charge in [0.25, 0.3) is 0 Å². The van der Waals surface area contributed by atoms with E-state index >= 15 is 0 Å². The number of amides is 1. The molecule has 0 bridgehead atoms. The summed E-state index contributed by atoms with van der Waals surface area (Å²) < 4.78 is 5.20. The van der Waals surface area contributed by atoms with Gasteiger partial charge in [0.05, 0.1) is 0 Å². The van der Waals surface area contributed by atoms with Crippen molar-refractivity contribution >= 4 is 5.91 Å². The maximum Gasteiger partial charge on any atom is 0.220 e. The summed E-state index contributed by atoms with van der Waals surface area (Å²) in [4.78, 5) is 11.6. The van der Waals surface area contributed by atoms with Crippen LogP contribution in [0.2, 0.25) is 0 Å². The van der Waals surface area contributed by atoms with Crippen LogP contribution in [0.4, 0.5) is 0 Å². The lowest BCUT2D eigenvalue weighted by Gasteiger charge is -2.12. The summed E-state index contributed by atoms with van der Waals surface area (Å²) in [6.07, 6.45) is 2.33. The fourth-order valence-electron chi connectivity index (χ4n) is 1.94. The number of benzene rings is 1. The van der Waals surface area contributed by atoms with E-state index in [0.717, 1.165) is 26.0 Å². The molecule has 1 rings (SSSR count). The van der Waals surface area contributed by atoms with Crippen molar-refractivity contribution in [2.75, 3.05) is 19.8 Å². The lowest BCUT2D eigenvalue weighted by Crippen LogP contribution is -2.25. The number of rotatable bonds is 9. The number of carbonyl (C=O) groups excluding carboxylic acids is 1. The van der Waals surface area contributed by atoms with Crippen molar-refractivity contribution in [2.24, 2.45) is 0 Å². The number of carbonyl (C=O) groups is 1. The predicted octanol–water partition coefficient (Wildman–Crippen LogP) is 3.11. The highest BCUT2D eigenvalue weighted by Crippen LogP contribution is 2.17. The molecule has 0 fully saturated rings. The van der Waals surface area contributed by atoms with E-state index in [0.29, 0.717) is 18.9 Å². The second-order valence-electron chi connectivity index (χ2n) is 4.75. The Kier molecular flexibility index (Phi) is 7.91. The van der Waals surface area contributed by atoms with E-state index in [1.165, 1.54) is 5.56 Å². The van der Waals surface area contributed by atoms with Crippen molar-refractivity contribution in [1.29, 1.82) is 0 Å².